The normalized spacial score (nSPS) is 14.2. The molecule has 0 bridgehead atoms. The van der Waals surface area contributed by atoms with Gasteiger partial charge in [0.15, 0.2) is 0 Å². The Morgan fingerprint density at radius 2 is 1.92 bits per heavy atom. The summed E-state index contributed by atoms with van der Waals surface area (Å²) in [6.45, 7) is 2.15. The highest BCUT2D eigenvalue weighted by atomic mass is 16.3. The Balaban J connectivity index is 2.36. The largest absolute Gasteiger partial charge is 0.875 e. The SMILES string of the molecule is CCCCCC([O-])=C1C=CC=C1. The van der Waals surface area contributed by atoms with Gasteiger partial charge in [-0.05, 0) is 12.0 Å². The Kier molecular flexibility index (Phi) is 3.65. The Labute approximate surface area is 74.1 Å². The molecule has 1 aliphatic carbocycles. The predicted molar refractivity (Wildman–Crippen MR) is 49.4 cm³/mol. The third-order valence-corrected chi connectivity index (χ3v) is 1.99. The van der Waals surface area contributed by atoms with Crippen molar-refractivity contribution in [2.24, 2.45) is 0 Å². The van der Waals surface area contributed by atoms with Gasteiger partial charge in [-0.15, -0.1) is 5.76 Å². The van der Waals surface area contributed by atoms with E-state index in [2.05, 4.69) is 6.92 Å². The maximum atomic E-state index is 11.4. The first-order valence-corrected chi connectivity index (χ1v) is 4.59. The molecule has 0 aromatic heterocycles. The lowest BCUT2D eigenvalue weighted by Gasteiger charge is -2.13. The molecule has 0 unspecified atom stereocenters. The zero-order valence-electron chi connectivity index (χ0n) is 7.55. The van der Waals surface area contributed by atoms with Crippen LogP contribution in [0, 0.1) is 0 Å². The van der Waals surface area contributed by atoms with Gasteiger partial charge in [0.1, 0.15) is 0 Å². The monoisotopic (exact) mass is 163 g/mol. The third-order valence-electron chi connectivity index (χ3n) is 1.99. The van der Waals surface area contributed by atoms with E-state index in [-0.39, 0.29) is 5.76 Å². The van der Waals surface area contributed by atoms with E-state index in [0.717, 1.165) is 18.4 Å². The average molecular weight is 163 g/mol. The molecule has 0 saturated carbocycles. The second kappa shape index (κ2) is 4.81. The molecule has 0 aromatic carbocycles. The van der Waals surface area contributed by atoms with Crippen LogP contribution in [0.3, 0.4) is 0 Å². The van der Waals surface area contributed by atoms with Crippen LogP contribution in [0.25, 0.3) is 0 Å². The van der Waals surface area contributed by atoms with E-state index >= 15 is 0 Å². The van der Waals surface area contributed by atoms with Gasteiger partial charge >= 0.3 is 0 Å². The first-order chi connectivity index (χ1) is 5.84. The highest BCUT2D eigenvalue weighted by Gasteiger charge is 1.93. The molecule has 0 heterocycles. The van der Waals surface area contributed by atoms with Gasteiger partial charge in [-0.3, -0.25) is 0 Å². The lowest BCUT2D eigenvalue weighted by atomic mass is 10.1. The standard InChI is InChI=1S/C11H16O/c1-2-3-4-9-11(12)10-7-5-6-8-10/h5-8,12H,2-4,9H2,1H3/p-1. The van der Waals surface area contributed by atoms with Crippen molar-refractivity contribution in [2.45, 2.75) is 32.6 Å². The maximum Gasteiger partial charge on any atom is -0.0376 e. The van der Waals surface area contributed by atoms with Crippen molar-refractivity contribution in [3.05, 3.63) is 35.6 Å². The Bertz CT molecular complexity index is 207. The summed E-state index contributed by atoms with van der Waals surface area (Å²) in [4.78, 5) is 0. The van der Waals surface area contributed by atoms with Crippen molar-refractivity contribution in [2.75, 3.05) is 0 Å². The van der Waals surface area contributed by atoms with Crippen molar-refractivity contribution < 1.29 is 5.11 Å². The van der Waals surface area contributed by atoms with Crippen LogP contribution in [0.1, 0.15) is 32.6 Å². The molecule has 1 rings (SSSR count). The molecule has 1 heteroatoms. The molecule has 0 radical (unpaired) electrons. The molecule has 0 fully saturated rings. The molecule has 0 N–H and O–H groups in total. The zero-order chi connectivity index (χ0) is 8.81. The van der Waals surface area contributed by atoms with Crippen LogP contribution in [0.15, 0.2) is 35.6 Å². The first-order valence-electron chi connectivity index (χ1n) is 4.59. The van der Waals surface area contributed by atoms with Gasteiger partial charge in [0, 0.05) is 0 Å². The van der Waals surface area contributed by atoms with Crippen molar-refractivity contribution >= 4 is 0 Å². The number of allylic oxidation sites excluding steroid dienone is 6. The number of hydrogen-bond acceptors (Lipinski definition) is 1. The van der Waals surface area contributed by atoms with Crippen molar-refractivity contribution in [1.29, 1.82) is 0 Å². The fourth-order valence-corrected chi connectivity index (χ4v) is 1.24. The Hall–Kier alpha value is -0.980. The minimum Gasteiger partial charge on any atom is -0.875 e. The summed E-state index contributed by atoms with van der Waals surface area (Å²) in [5.41, 5.74) is 0.867. The molecule has 12 heavy (non-hydrogen) atoms. The van der Waals surface area contributed by atoms with E-state index in [1.165, 1.54) is 6.42 Å². The van der Waals surface area contributed by atoms with E-state index in [4.69, 9.17) is 0 Å². The number of hydrogen-bond donors (Lipinski definition) is 0. The third kappa shape index (κ3) is 2.57. The maximum absolute atomic E-state index is 11.4. The summed E-state index contributed by atoms with van der Waals surface area (Å²) in [7, 11) is 0. The van der Waals surface area contributed by atoms with Gasteiger partial charge in [-0.2, -0.15) is 0 Å². The minimum absolute atomic E-state index is 0.286. The van der Waals surface area contributed by atoms with Gasteiger partial charge in [0.05, 0.1) is 0 Å². The summed E-state index contributed by atoms with van der Waals surface area (Å²) < 4.78 is 0. The predicted octanol–water partition coefficient (Wildman–Crippen LogP) is 2.31. The minimum atomic E-state index is 0.286. The smallest absolute Gasteiger partial charge is 0.0376 e. The molecule has 0 amide bonds. The van der Waals surface area contributed by atoms with E-state index in [1.807, 2.05) is 24.3 Å². The fourth-order valence-electron chi connectivity index (χ4n) is 1.24. The summed E-state index contributed by atoms with van der Waals surface area (Å²) in [6.07, 6.45) is 11.7. The molecule has 0 atom stereocenters. The molecule has 66 valence electrons. The van der Waals surface area contributed by atoms with E-state index in [0.29, 0.717) is 6.42 Å². The van der Waals surface area contributed by atoms with E-state index in [1.54, 1.807) is 0 Å². The summed E-state index contributed by atoms with van der Waals surface area (Å²) in [5.74, 6) is 0.286. The highest BCUT2D eigenvalue weighted by Crippen LogP contribution is 2.14. The topological polar surface area (TPSA) is 23.1 Å². The van der Waals surface area contributed by atoms with Crippen LogP contribution in [-0.4, -0.2) is 0 Å². The number of unbranched alkanes of at least 4 members (excludes halogenated alkanes) is 2. The molecular formula is C11H15O-. The lowest BCUT2D eigenvalue weighted by Crippen LogP contribution is -2.05. The Morgan fingerprint density at radius 1 is 1.25 bits per heavy atom. The second-order valence-electron chi connectivity index (χ2n) is 3.05. The molecule has 0 saturated heterocycles. The molecule has 1 nitrogen and oxygen atoms in total. The Morgan fingerprint density at radius 3 is 2.50 bits per heavy atom. The second-order valence-corrected chi connectivity index (χ2v) is 3.05. The van der Waals surface area contributed by atoms with Crippen molar-refractivity contribution in [1.82, 2.24) is 0 Å². The summed E-state index contributed by atoms with van der Waals surface area (Å²) in [5, 5.41) is 11.4. The van der Waals surface area contributed by atoms with Crippen LogP contribution in [0.4, 0.5) is 0 Å². The zero-order valence-corrected chi connectivity index (χ0v) is 7.55. The molecule has 0 aromatic rings. The van der Waals surface area contributed by atoms with Crippen LogP contribution < -0.4 is 5.11 Å². The van der Waals surface area contributed by atoms with Gasteiger partial charge in [-0.25, -0.2) is 0 Å². The molecule has 0 spiro atoms. The van der Waals surface area contributed by atoms with Gasteiger partial charge in [-0.1, -0.05) is 50.5 Å². The van der Waals surface area contributed by atoms with Crippen LogP contribution in [-0.2, 0) is 0 Å². The van der Waals surface area contributed by atoms with Gasteiger partial charge in [0.2, 0.25) is 0 Å². The van der Waals surface area contributed by atoms with Crippen molar-refractivity contribution in [3.8, 4) is 0 Å². The van der Waals surface area contributed by atoms with Gasteiger partial charge in [0.25, 0.3) is 0 Å². The average Bonchev–Trinajstić information content (AvgIpc) is 2.56. The summed E-state index contributed by atoms with van der Waals surface area (Å²) >= 11 is 0. The molecule has 1 aliphatic rings. The lowest BCUT2D eigenvalue weighted by molar-refractivity contribution is -0.307. The van der Waals surface area contributed by atoms with E-state index < -0.39 is 0 Å². The fraction of sp³-hybridized carbons (Fsp3) is 0.455. The van der Waals surface area contributed by atoms with Crippen LogP contribution >= 0.6 is 0 Å². The number of rotatable bonds is 4. The molecular weight excluding hydrogens is 148 g/mol. The van der Waals surface area contributed by atoms with Gasteiger partial charge < -0.3 is 5.11 Å². The van der Waals surface area contributed by atoms with Crippen molar-refractivity contribution in [3.63, 3.8) is 0 Å². The highest BCUT2D eigenvalue weighted by molar-refractivity contribution is 5.41. The molecule has 0 aliphatic heterocycles. The van der Waals surface area contributed by atoms with Crippen LogP contribution in [0.2, 0.25) is 0 Å². The van der Waals surface area contributed by atoms with E-state index in [9.17, 15) is 5.11 Å². The summed E-state index contributed by atoms with van der Waals surface area (Å²) in [6, 6.07) is 0. The first kappa shape index (κ1) is 9.11. The quantitative estimate of drug-likeness (QED) is 0.460. The van der Waals surface area contributed by atoms with Crippen LogP contribution in [0.5, 0.6) is 0 Å².